The lowest BCUT2D eigenvalue weighted by Gasteiger charge is -2.44. The van der Waals surface area contributed by atoms with Crippen molar-refractivity contribution in [3.05, 3.63) is 94.6 Å². The number of hydrogen-bond acceptors (Lipinski definition) is 15. The number of aldehydes is 1. The van der Waals surface area contributed by atoms with Gasteiger partial charge in [-0.25, -0.2) is 0 Å². The molecule has 0 spiro atoms. The number of anilines is 2. The highest BCUT2D eigenvalue weighted by atomic mass is 35.5. The van der Waals surface area contributed by atoms with E-state index < -0.39 is 53.4 Å². The molecular formula is C56H69ClN12O9. The van der Waals surface area contributed by atoms with Crippen LogP contribution < -0.4 is 26.6 Å². The second-order valence-electron chi connectivity index (χ2n) is 22.5. The van der Waals surface area contributed by atoms with Gasteiger partial charge in [0.25, 0.3) is 23.6 Å². The van der Waals surface area contributed by atoms with Crippen molar-refractivity contribution in [1.29, 1.82) is 0 Å². The lowest BCUT2D eigenvalue weighted by molar-refractivity contribution is -0.137. The standard InChI is InChI=1S/C28H34N6O4.C22H24N6O4.C6H10O.ClH/c1-28(10-3-11-28)17-32-12-8-19(9-13-32)33-16-18(15-30-33)14-29-21-5-2-4-20-24(21)27(38)34(26(20)37)22-6-7-23(35)31-25(22)36;29-18-5-4-17(20(30)26-18)28-21(31)15-2-1-3-16(19(15)22(28)32)24-10-13-11-25-27(12-13)14-6-8-23-9-7-14;1-6(5-7)3-2-4-6;/h2,4-5,15-16,19,22,29H,3,6-14,17H2,1H3,(H,31,35,36);1-3,11-12,14,17,23-24H,4-10H2,(H,26,29,30);5H,2-4H2,1H3;1H. The average molecular weight is 1090 g/mol. The number of imide groups is 4. The number of piperidine rings is 4. The van der Waals surface area contributed by atoms with E-state index in [1.807, 2.05) is 24.0 Å². The molecule has 0 bridgehead atoms. The second kappa shape index (κ2) is 23.5. The molecule has 2 aromatic carbocycles. The highest BCUT2D eigenvalue weighted by molar-refractivity contribution is 6.26. The third kappa shape index (κ3) is 11.7. The maximum Gasteiger partial charge on any atom is 0.264 e. The molecule has 21 nitrogen and oxygen atoms in total. The zero-order valence-electron chi connectivity index (χ0n) is 44.2. The predicted octanol–water partition coefficient (Wildman–Crippen LogP) is 5.34. The maximum atomic E-state index is 13.3. The number of fused-ring (bicyclic) bond motifs is 2. The summed E-state index contributed by atoms with van der Waals surface area (Å²) in [4.78, 5) is 115. The van der Waals surface area contributed by atoms with Gasteiger partial charge in [-0.05, 0) is 107 Å². The number of aromatic nitrogens is 4. The van der Waals surface area contributed by atoms with Crippen LogP contribution in [0.2, 0.25) is 0 Å². The molecule has 2 aromatic heterocycles. The quantitative estimate of drug-likeness (QED) is 0.0836. The molecule has 6 aliphatic heterocycles. The number of hydrogen-bond donors (Lipinski definition) is 5. The van der Waals surface area contributed by atoms with Crippen LogP contribution in [0.1, 0.15) is 168 Å². The van der Waals surface area contributed by atoms with E-state index in [-0.39, 0.29) is 71.7 Å². The molecule has 5 N–H and O–H groups in total. The van der Waals surface area contributed by atoms with Crippen LogP contribution in [-0.4, -0.2) is 133 Å². The molecule has 2 saturated carbocycles. The number of nitrogens with zero attached hydrogens (tertiary/aromatic N) is 7. The molecule has 0 radical (unpaired) electrons. The monoisotopic (exact) mass is 1090 g/mol. The van der Waals surface area contributed by atoms with Crippen molar-refractivity contribution in [2.24, 2.45) is 10.8 Å². The normalized spacial score (nSPS) is 22.8. The van der Waals surface area contributed by atoms with Gasteiger partial charge in [0, 0.05) is 85.9 Å². The van der Waals surface area contributed by atoms with Gasteiger partial charge in [0.15, 0.2) is 0 Å². The summed E-state index contributed by atoms with van der Waals surface area (Å²) in [5.74, 6) is -4.06. The van der Waals surface area contributed by atoms with Gasteiger partial charge in [-0.3, -0.25) is 68.2 Å². The largest absolute Gasteiger partial charge is 0.380 e. The Labute approximate surface area is 458 Å². The van der Waals surface area contributed by atoms with E-state index in [9.17, 15) is 43.2 Å². The fourth-order valence-corrected chi connectivity index (χ4v) is 11.8. The molecule has 4 aromatic rings. The smallest absolute Gasteiger partial charge is 0.264 e. The summed E-state index contributed by atoms with van der Waals surface area (Å²) in [7, 11) is 0. The number of likely N-dealkylation sites (tertiary alicyclic amines) is 1. The zero-order valence-corrected chi connectivity index (χ0v) is 45.0. The summed E-state index contributed by atoms with van der Waals surface area (Å²) in [5.41, 5.74) is 4.69. The molecule has 8 aliphatic rings. The van der Waals surface area contributed by atoms with Crippen LogP contribution in [0, 0.1) is 10.8 Å². The number of amides is 8. The Bertz CT molecular complexity index is 2990. The number of carbonyl (C=O) groups is 9. The SMILES string of the molecule is CC1(C=O)CCC1.CC1(CN2CCC(n3cc(CNc4cccc5c4C(=O)N(C4CCC(=O)NC4=O)C5=O)cn3)CC2)CCC1.Cl.O=C1CCC(N2C(=O)c3cccc(NCc4cnn(C5CCNCC5)c4)c3C2=O)C(=O)N1. The van der Waals surface area contributed by atoms with E-state index in [0.717, 1.165) is 91.9 Å². The van der Waals surface area contributed by atoms with Crippen LogP contribution >= 0.6 is 12.4 Å². The molecule has 414 valence electrons. The highest BCUT2D eigenvalue weighted by Crippen LogP contribution is 2.42. The Morgan fingerprint density at radius 1 is 0.615 bits per heavy atom. The van der Waals surface area contributed by atoms with Crippen molar-refractivity contribution in [1.82, 2.24) is 50.2 Å². The van der Waals surface area contributed by atoms with Crippen molar-refractivity contribution in [3.8, 4) is 0 Å². The summed E-state index contributed by atoms with van der Waals surface area (Å²) >= 11 is 0. The van der Waals surface area contributed by atoms with Gasteiger partial charge >= 0.3 is 0 Å². The Morgan fingerprint density at radius 3 is 1.47 bits per heavy atom. The molecule has 8 amide bonds. The molecular weight excluding hydrogens is 1020 g/mol. The number of halogens is 1. The van der Waals surface area contributed by atoms with Crippen molar-refractivity contribution in [2.45, 2.75) is 141 Å². The van der Waals surface area contributed by atoms with E-state index in [0.29, 0.717) is 42.0 Å². The van der Waals surface area contributed by atoms with Gasteiger partial charge in [-0.15, -0.1) is 12.4 Å². The maximum absolute atomic E-state index is 13.3. The van der Waals surface area contributed by atoms with Gasteiger partial charge in [0.2, 0.25) is 23.6 Å². The van der Waals surface area contributed by atoms with Crippen LogP contribution in [0.3, 0.4) is 0 Å². The number of nitrogens with one attached hydrogen (secondary N) is 5. The van der Waals surface area contributed by atoms with E-state index in [4.69, 9.17) is 0 Å². The lowest BCUT2D eigenvalue weighted by Crippen LogP contribution is -2.54. The van der Waals surface area contributed by atoms with Crippen molar-refractivity contribution in [3.63, 3.8) is 0 Å². The summed E-state index contributed by atoms with van der Waals surface area (Å²) in [6.07, 6.45) is 21.0. The van der Waals surface area contributed by atoms with E-state index in [1.165, 1.54) is 32.2 Å². The molecule has 8 heterocycles. The Balaban J connectivity index is 0.000000168. The molecule has 22 heteroatoms. The van der Waals surface area contributed by atoms with Crippen LogP contribution in [0.4, 0.5) is 11.4 Å². The molecule has 2 aliphatic carbocycles. The van der Waals surface area contributed by atoms with Gasteiger partial charge in [0.05, 0.1) is 46.7 Å². The molecule has 12 rings (SSSR count). The Morgan fingerprint density at radius 2 is 1.08 bits per heavy atom. The van der Waals surface area contributed by atoms with Crippen LogP contribution in [0.5, 0.6) is 0 Å². The van der Waals surface area contributed by atoms with Crippen LogP contribution in [-0.2, 0) is 37.1 Å². The lowest BCUT2D eigenvalue weighted by atomic mass is 9.70. The molecule has 2 unspecified atom stereocenters. The van der Waals surface area contributed by atoms with Crippen molar-refractivity contribution >= 4 is 77.3 Å². The van der Waals surface area contributed by atoms with Crippen molar-refractivity contribution < 1.29 is 43.2 Å². The fraction of sp³-hybridized carbons (Fsp3) is 0.518. The minimum absolute atomic E-state index is 0. The second-order valence-corrected chi connectivity index (χ2v) is 22.5. The first-order valence-corrected chi connectivity index (χ1v) is 27.2. The van der Waals surface area contributed by atoms with Gasteiger partial charge < -0.3 is 25.6 Å². The minimum Gasteiger partial charge on any atom is -0.380 e. The predicted molar refractivity (Wildman–Crippen MR) is 288 cm³/mol. The summed E-state index contributed by atoms with van der Waals surface area (Å²) in [6, 6.07) is 8.94. The first kappa shape index (κ1) is 55.6. The molecule has 2 atom stereocenters. The number of benzene rings is 2. The first-order valence-electron chi connectivity index (χ1n) is 27.2. The Kier molecular flexibility index (Phi) is 16.7. The summed E-state index contributed by atoms with van der Waals surface area (Å²) in [5, 5.41) is 23.4. The Hall–Kier alpha value is -7.10. The highest BCUT2D eigenvalue weighted by Gasteiger charge is 2.47. The number of carbonyl (C=O) groups excluding carboxylic acids is 9. The topological polar surface area (TPSA) is 259 Å². The van der Waals surface area contributed by atoms with Crippen molar-refractivity contribution in [2.75, 3.05) is 43.4 Å². The average Bonchev–Trinajstić information content (AvgIpc) is 4.30. The fourth-order valence-electron chi connectivity index (χ4n) is 11.8. The van der Waals surface area contributed by atoms with E-state index in [1.54, 1.807) is 42.6 Å². The van der Waals surface area contributed by atoms with Gasteiger partial charge in [-0.1, -0.05) is 38.8 Å². The number of rotatable bonds is 13. The minimum atomic E-state index is -0.978. The van der Waals surface area contributed by atoms with E-state index in [2.05, 4.69) is 59.5 Å². The summed E-state index contributed by atoms with van der Waals surface area (Å²) < 4.78 is 4.06. The molecule has 78 heavy (non-hydrogen) atoms. The first-order chi connectivity index (χ1) is 37.1. The summed E-state index contributed by atoms with van der Waals surface area (Å²) in [6.45, 7) is 10.7. The van der Waals surface area contributed by atoms with Crippen LogP contribution in [0.15, 0.2) is 61.2 Å². The van der Waals surface area contributed by atoms with Gasteiger partial charge in [-0.2, -0.15) is 10.2 Å². The molecule has 4 saturated heterocycles. The van der Waals surface area contributed by atoms with Gasteiger partial charge in [0.1, 0.15) is 18.4 Å². The third-order valence-corrected chi connectivity index (χ3v) is 16.8. The third-order valence-electron chi connectivity index (χ3n) is 16.8. The zero-order chi connectivity index (χ0) is 54.0. The molecule has 6 fully saturated rings. The van der Waals surface area contributed by atoms with Crippen LogP contribution in [0.25, 0.3) is 0 Å². The van der Waals surface area contributed by atoms with E-state index >= 15 is 0 Å².